The summed E-state index contributed by atoms with van der Waals surface area (Å²) in [4.78, 5) is 26.8. The molecule has 0 aromatic rings. The van der Waals surface area contributed by atoms with Crippen molar-refractivity contribution >= 4 is 11.6 Å². The number of fused-ring (bicyclic) bond motifs is 5. The lowest BCUT2D eigenvalue weighted by Crippen LogP contribution is -2.56. The van der Waals surface area contributed by atoms with E-state index >= 15 is 0 Å². The van der Waals surface area contributed by atoms with Crippen LogP contribution in [0.25, 0.3) is 0 Å². The average Bonchev–Trinajstić information content (AvgIpc) is 3.03. The van der Waals surface area contributed by atoms with E-state index in [2.05, 4.69) is 20.8 Å². The Morgan fingerprint density at radius 3 is 2.20 bits per heavy atom. The lowest BCUT2D eigenvalue weighted by atomic mass is 9.44. The minimum Gasteiger partial charge on any atom is -0.384 e. The quantitative estimate of drug-likeness (QED) is 0.398. The van der Waals surface area contributed by atoms with E-state index in [1.165, 1.54) is 12.8 Å². The number of Topliss-reactive ketones (excluding diaryl/α,β-unsaturated/α-hetero) is 2. The molecule has 0 bridgehead atoms. The van der Waals surface area contributed by atoms with Crippen molar-refractivity contribution in [2.45, 2.75) is 111 Å². The van der Waals surface area contributed by atoms with E-state index in [-0.39, 0.29) is 40.4 Å². The van der Waals surface area contributed by atoms with Crippen molar-refractivity contribution in [3.8, 4) is 0 Å². The standard InChI is InChI=1S/C29H48O6/c1-16(2)18(26(32)29(33,34)35)10-9-17(3)25-24(31)15-22-19-14-23(30)21-8-6-7-12-27(21,4)20(19)11-13-28(22,25)5/h16-22,25-26,32-35H,6-15H2,1-5H3/t17-,18-,19-,20+,21?,22+,25+,26?,27-,28+/m1/s1. The third-order valence-corrected chi connectivity index (χ3v) is 11.5. The van der Waals surface area contributed by atoms with Gasteiger partial charge in [0.05, 0.1) is 0 Å². The van der Waals surface area contributed by atoms with Crippen LogP contribution in [0, 0.1) is 58.2 Å². The fraction of sp³-hybridized carbons (Fsp3) is 0.931. The third kappa shape index (κ3) is 4.55. The molecule has 0 radical (unpaired) electrons. The highest BCUT2D eigenvalue weighted by atomic mass is 16.7. The van der Waals surface area contributed by atoms with Gasteiger partial charge in [-0.05, 0) is 84.9 Å². The molecule has 0 spiro atoms. The molecule has 35 heavy (non-hydrogen) atoms. The molecule has 4 rings (SSSR count). The second-order valence-corrected chi connectivity index (χ2v) is 13.6. The SMILES string of the molecule is CC(C)[C@@H](CC[C@@H](C)[C@H]1C(=O)C[C@H]2[C@@H]3CC(=O)C4CCCC[C@]4(C)[C@H]3CC[C@]12C)C(O)C(O)(O)O. The number of aliphatic hydroxyl groups is 4. The van der Waals surface area contributed by atoms with E-state index in [0.717, 1.165) is 25.7 Å². The van der Waals surface area contributed by atoms with Gasteiger partial charge < -0.3 is 20.4 Å². The monoisotopic (exact) mass is 492 g/mol. The molecule has 200 valence electrons. The minimum atomic E-state index is -3.13. The molecule has 0 aromatic carbocycles. The molecule has 4 saturated carbocycles. The van der Waals surface area contributed by atoms with Crippen LogP contribution in [0.5, 0.6) is 0 Å². The molecule has 0 saturated heterocycles. The molecule has 6 nitrogen and oxygen atoms in total. The van der Waals surface area contributed by atoms with E-state index in [4.69, 9.17) is 0 Å². The van der Waals surface area contributed by atoms with Gasteiger partial charge in [0.15, 0.2) is 0 Å². The van der Waals surface area contributed by atoms with Crippen LogP contribution in [0.3, 0.4) is 0 Å². The zero-order valence-electron chi connectivity index (χ0n) is 22.4. The topological polar surface area (TPSA) is 115 Å². The summed E-state index contributed by atoms with van der Waals surface area (Å²) in [5.41, 5.74) is -0.0191. The number of aliphatic hydroxyl groups excluding tert-OH is 1. The van der Waals surface area contributed by atoms with Gasteiger partial charge in [0.25, 0.3) is 0 Å². The first-order valence-corrected chi connectivity index (χ1v) is 14.1. The highest BCUT2D eigenvalue weighted by molar-refractivity contribution is 5.86. The summed E-state index contributed by atoms with van der Waals surface area (Å²) in [6, 6.07) is 0. The minimum absolute atomic E-state index is 0.0569. The molecule has 10 atom stereocenters. The summed E-state index contributed by atoms with van der Waals surface area (Å²) in [6.07, 6.45) is 7.41. The Kier molecular flexibility index (Phi) is 7.38. The van der Waals surface area contributed by atoms with Crippen LogP contribution in [0.2, 0.25) is 0 Å². The summed E-state index contributed by atoms with van der Waals surface area (Å²) in [5.74, 6) is -1.59. The maximum atomic E-state index is 13.5. The van der Waals surface area contributed by atoms with Gasteiger partial charge in [-0.3, -0.25) is 9.59 Å². The van der Waals surface area contributed by atoms with Crippen molar-refractivity contribution in [3.05, 3.63) is 0 Å². The van der Waals surface area contributed by atoms with E-state index < -0.39 is 18.0 Å². The molecule has 4 aliphatic rings. The van der Waals surface area contributed by atoms with Crippen molar-refractivity contribution in [2.75, 3.05) is 0 Å². The van der Waals surface area contributed by atoms with E-state index in [9.17, 15) is 30.0 Å². The summed E-state index contributed by atoms with van der Waals surface area (Å²) < 4.78 is 0. The van der Waals surface area contributed by atoms with Gasteiger partial charge >= 0.3 is 5.97 Å². The largest absolute Gasteiger partial charge is 0.384 e. The first-order chi connectivity index (χ1) is 16.2. The van der Waals surface area contributed by atoms with Crippen molar-refractivity contribution in [3.63, 3.8) is 0 Å². The average molecular weight is 493 g/mol. The van der Waals surface area contributed by atoms with Crippen molar-refractivity contribution in [1.29, 1.82) is 0 Å². The number of ketones is 2. The van der Waals surface area contributed by atoms with Crippen LogP contribution in [-0.2, 0) is 9.59 Å². The van der Waals surface area contributed by atoms with E-state index in [0.29, 0.717) is 49.1 Å². The highest BCUT2D eigenvalue weighted by Crippen LogP contribution is 2.67. The van der Waals surface area contributed by atoms with Crippen LogP contribution in [0.1, 0.15) is 98.8 Å². The lowest BCUT2D eigenvalue weighted by Gasteiger charge is -2.59. The summed E-state index contributed by atoms with van der Waals surface area (Å²) in [7, 11) is 0. The molecule has 4 fully saturated rings. The Morgan fingerprint density at radius 2 is 1.57 bits per heavy atom. The Labute approximate surface area is 210 Å². The maximum Gasteiger partial charge on any atom is 0.303 e. The van der Waals surface area contributed by atoms with Gasteiger partial charge in [-0.2, -0.15) is 0 Å². The molecule has 0 amide bonds. The molecule has 6 heteroatoms. The molecular formula is C29H48O6. The lowest BCUT2D eigenvalue weighted by molar-refractivity contribution is -0.365. The van der Waals surface area contributed by atoms with Gasteiger partial charge in [0.1, 0.15) is 17.7 Å². The fourth-order valence-electron chi connectivity index (χ4n) is 9.66. The second kappa shape index (κ2) is 9.49. The number of carbonyl (C=O) groups is 2. The Balaban J connectivity index is 1.51. The Hall–Kier alpha value is -0.820. The molecule has 0 aromatic heterocycles. The molecule has 2 unspecified atom stereocenters. The van der Waals surface area contributed by atoms with E-state index in [1.54, 1.807) is 0 Å². The molecule has 4 aliphatic carbocycles. The van der Waals surface area contributed by atoms with E-state index in [1.807, 2.05) is 13.8 Å². The van der Waals surface area contributed by atoms with Crippen LogP contribution >= 0.6 is 0 Å². The van der Waals surface area contributed by atoms with Gasteiger partial charge in [0.2, 0.25) is 0 Å². The zero-order chi connectivity index (χ0) is 25.9. The van der Waals surface area contributed by atoms with Gasteiger partial charge in [0, 0.05) is 24.7 Å². The van der Waals surface area contributed by atoms with Gasteiger partial charge in [-0.15, -0.1) is 0 Å². The smallest absolute Gasteiger partial charge is 0.303 e. The predicted molar refractivity (Wildman–Crippen MR) is 133 cm³/mol. The predicted octanol–water partition coefficient (Wildman–Crippen LogP) is 4.07. The number of rotatable bonds is 7. The Bertz CT molecular complexity index is 816. The van der Waals surface area contributed by atoms with Crippen LogP contribution in [0.4, 0.5) is 0 Å². The number of hydrogen-bond donors (Lipinski definition) is 4. The third-order valence-electron chi connectivity index (χ3n) is 11.5. The number of carbonyl (C=O) groups excluding carboxylic acids is 2. The Morgan fingerprint density at radius 1 is 0.886 bits per heavy atom. The number of hydrogen-bond acceptors (Lipinski definition) is 6. The van der Waals surface area contributed by atoms with Crippen LogP contribution < -0.4 is 0 Å². The van der Waals surface area contributed by atoms with Crippen LogP contribution in [-0.4, -0.2) is 44.1 Å². The summed E-state index contributed by atoms with van der Waals surface area (Å²) in [5, 5.41) is 38.9. The van der Waals surface area contributed by atoms with Gasteiger partial charge in [-0.25, -0.2) is 0 Å². The van der Waals surface area contributed by atoms with Crippen LogP contribution in [0.15, 0.2) is 0 Å². The molecule has 0 aliphatic heterocycles. The first-order valence-electron chi connectivity index (χ1n) is 14.1. The second-order valence-electron chi connectivity index (χ2n) is 13.6. The summed E-state index contributed by atoms with van der Waals surface area (Å²) >= 11 is 0. The maximum absolute atomic E-state index is 13.5. The summed E-state index contributed by atoms with van der Waals surface area (Å²) in [6.45, 7) is 10.5. The first kappa shape index (κ1) is 27.2. The van der Waals surface area contributed by atoms with Crippen molar-refractivity contribution < 1.29 is 30.0 Å². The molecule has 0 heterocycles. The highest BCUT2D eigenvalue weighted by Gasteiger charge is 2.64. The van der Waals surface area contributed by atoms with Crippen molar-refractivity contribution in [1.82, 2.24) is 0 Å². The van der Waals surface area contributed by atoms with Crippen molar-refractivity contribution in [2.24, 2.45) is 58.2 Å². The molecular weight excluding hydrogens is 444 g/mol. The molecule has 4 N–H and O–H groups in total. The normalized spacial score (nSPS) is 42.3. The van der Waals surface area contributed by atoms with Gasteiger partial charge in [-0.1, -0.05) is 47.5 Å². The fourth-order valence-corrected chi connectivity index (χ4v) is 9.66. The zero-order valence-corrected chi connectivity index (χ0v) is 22.4.